The number of hydrogen-bond donors (Lipinski definition) is 4. The standard InChI is InChI=1S/C10H14ClN5O3S/c1-2-15-20(18,19)8-3-5(7(12)4-6(8)11)9(17)16-10(13)14/h3-4,15H,2,12H2,1H3,(H4,13,14,16,17). The first-order valence-electron chi connectivity index (χ1n) is 5.41. The van der Waals surface area contributed by atoms with Crippen LogP contribution in [0.3, 0.4) is 0 Å². The second kappa shape index (κ2) is 6.07. The van der Waals surface area contributed by atoms with Crippen LogP contribution in [0.25, 0.3) is 0 Å². The highest BCUT2D eigenvalue weighted by molar-refractivity contribution is 7.89. The molecule has 20 heavy (non-hydrogen) atoms. The number of benzene rings is 1. The summed E-state index contributed by atoms with van der Waals surface area (Å²) in [6, 6.07) is 2.19. The van der Waals surface area contributed by atoms with E-state index in [1.54, 1.807) is 6.92 Å². The lowest BCUT2D eigenvalue weighted by atomic mass is 10.2. The highest BCUT2D eigenvalue weighted by atomic mass is 35.5. The molecule has 8 nitrogen and oxygen atoms in total. The van der Waals surface area contributed by atoms with Crippen molar-refractivity contribution in [1.82, 2.24) is 4.72 Å². The maximum absolute atomic E-state index is 11.9. The van der Waals surface area contributed by atoms with Gasteiger partial charge in [-0.3, -0.25) is 4.79 Å². The zero-order valence-electron chi connectivity index (χ0n) is 10.6. The number of rotatable bonds is 4. The lowest BCUT2D eigenvalue weighted by Crippen LogP contribution is -2.25. The Bertz CT molecular complexity index is 668. The first-order valence-corrected chi connectivity index (χ1v) is 7.27. The molecule has 110 valence electrons. The predicted octanol–water partition coefficient (Wildman–Crippen LogP) is -0.366. The van der Waals surface area contributed by atoms with E-state index in [1.165, 1.54) is 0 Å². The number of halogens is 1. The SMILES string of the molecule is CCNS(=O)(=O)c1cc(C(=O)N=C(N)N)c(N)cc1Cl. The zero-order chi connectivity index (χ0) is 15.5. The van der Waals surface area contributed by atoms with Gasteiger partial charge in [0.05, 0.1) is 10.6 Å². The zero-order valence-corrected chi connectivity index (χ0v) is 12.1. The average molecular weight is 320 g/mol. The smallest absolute Gasteiger partial charge is 0.282 e. The van der Waals surface area contributed by atoms with Gasteiger partial charge >= 0.3 is 0 Å². The van der Waals surface area contributed by atoms with Gasteiger partial charge in [0.15, 0.2) is 5.96 Å². The molecule has 0 atom stereocenters. The molecule has 0 fully saturated rings. The Morgan fingerprint density at radius 3 is 2.50 bits per heavy atom. The summed E-state index contributed by atoms with van der Waals surface area (Å²) < 4.78 is 26.1. The molecule has 7 N–H and O–H groups in total. The summed E-state index contributed by atoms with van der Waals surface area (Å²) in [7, 11) is -3.84. The molecule has 1 aromatic rings. The number of nitrogens with two attached hydrogens (primary N) is 3. The monoisotopic (exact) mass is 319 g/mol. The summed E-state index contributed by atoms with van der Waals surface area (Å²) in [5.41, 5.74) is 15.6. The lowest BCUT2D eigenvalue weighted by molar-refractivity contribution is 0.100. The number of carbonyl (C=O) groups excluding carboxylic acids is 1. The predicted molar refractivity (Wildman–Crippen MR) is 76.9 cm³/mol. The highest BCUT2D eigenvalue weighted by Gasteiger charge is 2.21. The molecule has 0 radical (unpaired) electrons. The molecule has 0 aliphatic rings. The Kier molecular flexibility index (Phi) is 4.93. The Morgan fingerprint density at radius 1 is 1.40 bits per heavy atom. The van der Waals surface area contributed by atoms with Gasteiger partial charge in [0.2, 0.25) is 10.0 Å². The molecule has 1 amide bonds. The van der Waals surface area contributed by atoms with Crippen LogP contribution in [-0.4, -0.2) is 26.8 Å². The molecule has 1 aromatic carbocycles. The van der Waals surface area contributed by atoms with Gasteiger partial charge in [0.25, 0.3) is 5.91 Å². The number of hydrogen-bond acceptors (Lipinski definition) is 4. The van der Waals surface area contributed by atoms with Crippen LogP contribution in [0, 0.1) is 0 Å². The number of aliphatic imine (C=N–C) groups is 1. The third-order valence-corrected chi connectivity index (χ3v) is 4.20. The topological polar surface area (TPSA) is 154 Å². The number of guanidine groups is 1. The molecule has 0 unspecified atom stereocenters. The maximum Gasteiger partial charge on any atom is 0.282 e. The molecular weight excluding hydrogens is 306 g/mol. The minimum absolute atomic E-state index is 0.0274. The average Bonchev–Trinajstić information content (AvgIpc) is 2.26. The van der Waals surface area contributed by atoms with Gasteiger partial charge in [-0.05, 0) is 12.1 Å². The molecule has 0 heterocycles. The summed E-state index contributed by atoms with van der Waals surface area (Å²) in [4.78, 5) is 14.8. The third-order valence-electron chi connectivity index (χ3n) is 2.19. The van der Waals surface area contributed by atoms with Crippen molar-refractivity contribution in [2.45, 2.75) is 11.8 Å². The summed E-state index contributed by atoms with van der Waals surface area (Å²) >= 11 is 5.84. The molecule has 0 aromatic heterocycles. The second-order valence-electron chi connectivity index (χ2n) is 3.71. The van der Waals surface area contributed by atoms with Gasteiger partial charge < -0.3 is 17.2 Å². The van der Waals surface area contributed by atoms with E-state index in [2.05, 4.69) is 9.71 Å². The first kappa shape index (κ1) is 16.2. The maximum atomic E-state index is 11.9. The number of carbonyl (C=O) groups is 1. The molecule has 0 aliphatic carbocycles. The molecule has 0 aliphatic heterocycles. The minimum Gasteiger partial charge on any atom is -0.398 e. The number of anilines is 1. The molecule has 0 saturated heterocycles. The van der Waals surface area contributed by atoms with E-state index < -0.39 is 21.9 Å². The molecule has 0 saturated carbocycles. The van der Waals surface area contributed by atoms with Crippen LogP contribution in [0.4, 0.5) is 5.69 Å². The molecule has 1 rings (SSSR count). The van der Waals surface area contributed by atoms with E-state index in [0.29, 0.717) is 0 Å². The Morgan fingerprint density at radius 2 is 2.00 bits per heavy atom. The largest absolute Gasteiger partial charge is 0.398 e. The van der Waals surface area contributed by atoms with Crippen molar-refractivity contribution < 1.29 is 13.2 Å². The number of nitrogens with one attached hydrogen (secondary N) is 1. The summed E-state index contributed by atoms with van der Waals surface area (Å²) in [6.45, 7) is 1.77. The van der Waals surface area contributed by atoms with Gasteiger partial charge in [0.1, 0.15) is 4.90 Å². The molecule has 0 spiro atoms. The van der Waals surface area contributed by atoms with Crippen molar-refractivity contribution in [3.63, 3.8) is 0 Å². The second-order valence-corrected chi connectivity index (χ2v) is 5.86. The minimum atomic E-state index is -3.84. The van der Waals surface area contributed by atoms with E-state index in [4.69, 9.17) is 28.8 Å². The van der Waals surface area contributed by atoms with E-state index in [9.17, 15) is 13.2 Å². The van der Waals surface area contributed by atoms with Crippen LogP contribution in [0.2, 0.25) is 5.02 Å². The van der Waals surface area contributed by atoms with Crippen molar-refractivity contribution in [3.8, 4) is 0 Å². The van der Waals surface area contributed by atoms with Gasteiger partial charge in [-0.2, -0.15) is 4.99 Å². The summed E-state index contributed by atoms with van der Waals surface area (Å²) in [5, 5.41) is -0.107. The van der Waals surface area contributed by atoms with Crippen molar-refractivity contribution in [2.75, 3.05) is 12.3 Å². The molecule has 0 bridgehead atoms. The van der Waals surface area contributed by atoms with E-state index >= 15 is 0 Å². The van der Waals surface area contributed by atoms with Gasteiger partial charge in [-0.25, -0.2) is 13.1 Å². The van der Waals surface area contributed by atoms with Crippen molar-refractivity contribution in [3.05, 3.63) is 22.7 Å². The highest BCUT2D eigenvalue weighted by Crippen LogP contribution is 2.27. The van der Waals surface area contributed by atoms with E-state index in [1.807, 2.05) is 0 Å². The fourth-order valence-corrected chi connectivity index (χ4v) is 3.01. The van der Waals surface area contributed by atoms with Gasteiger partial charge in [-0.15, -0.1) is 0 Å². The van der Waals surface area contributed by atoms with E-state index in [-0.39, 0.29) is 27.7 Å². The molecular formula is C10H14ClN5O3S. The summed E-state index contributed by atoms with van der Waals surface area (Å²) in [5.74, 6) is -1.31. The van der Waals surface area contributed by atoms with Gasteiger partial charge in [0, 0.05) is 12.2 Å². The number of nitrogen functional groups attached to an aromatic ring is 1. The summed E-state index contributed by atoms with van der Waals surface area (Å²) in [6.07, 6.45) is 0. The lowest BCUT2D eigenvalue weighted by Gasteiger charge is -2.10. The fourth-order valence-electron chi connectivity index (χ4n) is 1.41. The first-order chi connectivity index (χ1) is 9.19. The Balaban J connectivity index is 3.45. The fraction of sp³-hybridized carbons (Fsp3) is 0.200. The number of amides is 1. The van der Waals surface area contributed by atoms with E-state index in [0.717, 1.165) is 12.1 Å². The van der Waals surface area contributed by atoms with Crippen molar-refractivity contribution in [2.24, 2.45) is 16.5 Å². The van der Waals surface area contributed by atoms with Crippen LogP contribution in [0.15, 0.2) is 22.0 Å². The number of sulfonamides is 1. The van der Waals surface area contributed by atoms with Crippen LogP contribution in [0.5, 0.6) is 0 Å². The number of nitrogens with zero attached hydrogens (tertiary/aromatic N) is 1. The van der Waals surface area contributed by atoms with Crippen LogP contribution >= 0.6 is 11.6 Å². The van der Waals surface area contributed by atoms with Gasteiger partial charge in [-0.1, -0.05) is 18.5 Å². The third kappa shape index (κ3) is 3.59. The Labute approximate surface area is 121 Å². The van der Waals surface area contributed by atoms with Crippen molar-refractivity contribution in [1.29, 1.82) is 0 Å². The quantitative estimate of drug-likeness (QED) is 0.337. The van der Waals surface area contributed by atoms with Crippen LogP contribution in [-0.2, 0) is 10.0 Å². The Hall–Kier alpha value is -1.84. The normalized spacial score (nSPS) is 11.1. The van der Waals surface area contributed by atoms with Crippen LogP contribution < -0.4 is 21.9 Å². The van der Waals surface area contributed by atoms with Crippen molar-refractivity contribution >= 4 is 39.2 Å². The van der Waals surface area contributed by atoms with Crippen LogP contribution in [0.1, 0.15) is 17.3 Å². The molecule has 10 heteroatoms.